The molecule has 0 aliphatic carbocycles. The van der Waals surface area contributed by atoms with Crippen LogP contribution in [-0.2, 0) is 5.92 Å². The van der Waals surface area contributed by atoms with Crippen molar-refractivity contribution >= 4 is 11.5 Å². The second kappa shape index (κ2) is 8.10. The van der Waals surface area contributed by atoms with E-state index < -0.39 is 5.92 Å². The predicted molar refractivity (Wildman–Crippen MR) is 101 cm³/mol. The lowest BCUT2D eigenvalue weighted by Crippen LogP contribution is -2.20. The number of nitrogen functional groups attached to an aromatic ring is 1. The van der Waals surface area contributed by atoms with Gasteiger partial charge in [-0.25, -0.2) is 13.8 Å². The standard InChI is InChI=1S/C20H25F2N3/c1-4-6-7-13-25(5-2)19-17(23)11-12-18(24-19)15-9-8-10-16(14-15)20(3,21)22/h5,8-12,14H,2,4,6-7,13,23H2,1,3H3. The number of alkyl halides is 2. The van der Waals surface area contributed by atoms with E-state index in [0.717, 1.165) is 32.7 Å². The van der Waals surface area contributed by atoms with Gasteiger partial charge in [0.1, 0.15) is 0 Å². The number of rotatable bonds is 8. The van der Waals surface area contributed by atoms with E-state index in [1.54, 1.807) is 30.5 Å². The highest BCUT2D eigenvalue weighted by Crippen LogP contribution is 2.31. The molecule has 2 aromatic rings. The lowest BCUT2D eigenvalue weighted by molar-refractivity contribution is 0.0175. The van der Waals surface area contributed by atoms with E-state index in [1.807, 2.05) is 4.90 Å². The van der Waals surface area contributed by atoms with E-state index >= 15 is 0 Å². The van der Waals surface area contributed by atoms with E-state index in [1.165, 1.54) is 12.1 Å². The Bertz CT molecular complexity index is 723. The van der Waals surface area contributed by atoms with Crippen molar-refractivity contribution in [3.05, 3.63) is 54.7 Å². The van der Waals surface area contributed by atoms with Crippen LogP contribution in [0.2, 0.25) is 0 Å². The minimum absolute atomic E-state index is 0.0336. The number of pyridine rings is 1. The molecule has 1 aromatic carbocycles. The summed E-state index contributed by atoms with van der Waals surface area (Å²) >= 11 is 0. The van der Waals surface area contributed by atoms with Gasteiger partial charge in [-0.1, -0.05) is 44.5 Å². The summed E-state index contributed by atoms with van der Waals surface area (Å²) in [6.07, 6.45) is 4.93. The summed E-state index contributed by atoms with van der Waals surface area (Å²) in [4.78, 5) is 6.51. The third-order valence-corrected chi connectivity index (χ3v) is 4.07. The van der Waals surface area contributed by atoms with Crippen LogP contribution in [0.3, 0.4) is 0 Å². The van der Waals surface area contributed by atoms with Crippen LogP contribution in [0.25, 0.3) is 11.3 Å². The molecule has 0 spiro atoms. The lowest BCUT2D eigenvalue weighted by atomic mass is 10.0. The van der Waals surface area contributed by atoms with Crippen molar-refractivity contribution in [1.82, 2.24) is 4.98 Å². The van der Waals surface area contributed by atoms with Crippen LogP contribution in [0.4, 0.5) is 20.3 Å². The molecule has 1 heterocycles. The maximum atomic E-state index is 13.6. The fourth-order valence-corrected chi connectivity index (χ4v) is 2.62. The Morgan fingerprint density at radius 1 is 1.24 bits per heavy atom. The molecule has 5 heteroatoms. The second-order valence-corrected chi connectivity index (χ2v) is 6.16. The van der Waals surface area contributed by atoms with Gasteiger partial charge in [-0.05, 0) is 30.8 Å². The van der Waals surface area contributed by atoms with Gasteiger partial charge in [-0.3, -0.25) is 0 Å². The molecular weight excluding hydrogens is 320 g/mol. The zero-order chi connectivity index (χ0) is 18.4. The average molecular weight is 345 g/mol. The molecule has 0 aliphatic rings. The number of anilines is 2. The van der Waals surface area contributed by atoms with Crippen LogP contribution < -0.4 is 10.6 Å². The molecule has 1 aromatic heterocycles. The lowest BCUT2D eigenvalue weighted by Gasteiger charge is -2.21. The first-order valence-electron chi connectivity index (χ1n) is 8.51. The van der Waals surface area contributed by atoms with Crippen LogP contribution in [0.15, 0.2) is 49.2 Å². The van der Waals surface area contributed by atoms with Crippen LogP contribution in [0, 0.1) is 0 Å². The molecule has 0 radical (unpaired) electrons. The van der Waals surface area contributed by atoms with Crippen LogP contribution >= 0.6 is 0 Å². The number of unbranched alkanes of at least 4 members (excludes halogenated alkanes) is 2. The van der Waals surface area contributed by atoms with Gasteiger partial charge in [-0.15, -0.1) is 0 Å². The first-order chi connectivity index (χ1) is 11.9. The molecule has 25 heavy (non-hydrogen) atoms. The van der Waals surface area contributed by atoms with E-state index in [-0.39, 0.29) is 5.56 Å². The highest BCUT2D eigenvalue weighted by Gasteiger charge is 2.24. The molecule has 0 bridgehead atoms. The second-order valence-electron chi connectivity index (χ2n) is 6.16. The number of hydrogen-bond donors (Lipinski definition) is 1. The van der Waals surface area contributed by atoms with Crippen molar-refractivity contribution in [2.24, 2.45) is 0 Å². The number of benzene rings is 1. The highest BCUT2D eigenvalue weighted by atomic mass is 19.3. The molecule has 2 N–H and O–H groups in total. The Kier molecular flexibility index (Phi) is 6.12. The zero-order valence-electron chi connectivity index (χ0n) is 14.8. The molecular formula is C20H25F2N3. The van der Waals surface area contributed by atoms with Crippen molar-refractivity contribution in [1.29, 1.82) is 0 Å². The fourth-order valence-electron chi connectivity index (χ4n) is 2.62. The third-order valence-electron chi connectivity index (χ3n) is 4.07. The van der Waals surface area contributed by atoms with Gasteiger partial charge >= 0.3 is 0 Å². The monoisotopic (exact) mass is 345 g/mol. The molecule has 2 rings (SSSR count). The smallest absolute Gasteiger partial charge is 0.270 e. The van der Waals surface area contributed by atoms with E-state index in [2.05, 4.69) is 18.5 Å². The van der Waals surface area contributed by atoms with Crippen LogP contribution in [0.5, 0.6) is 0 Å². The van der Waals surface area contributed by atoms with Gasteiger partial charge in [0.25, 0.3) is 5.92 Å². The topological polar surface area (TPSA) is 42.2 Å². The molecule has 0 aliphatic heterocycles. The summed E-state index contributed by atoms with van der Waals surface area (Å²) < 4.78 is 27.2. The summed E-state index contributed by atoms with van der Waals surface area (Å²) in [6, 6.07) is 9.78. The minimum Gasteiger partial charge on any atom is -0.396 e. The van der Waals surface area contributed by atoms with Crippen molar-refractivity contribution in [2.75, 3.05) is 17.2 Å². The largest absolute Gasteiger partial charge is 0.396 e. The first-order valence-corrected chi connectivity index (χ1v) is 8.51. The summed E-state index contributed by atoms with van der Waals surface area (Å²) in [7, 11) is 0. The van der Waals surface area contributed by atoms with Crippen molar-refractivity contribution in [3.63, 3.8) is 0 Å². The maximum absolute atomic E-state index is 13.6. The Morgan fingerprint density at radius 2 is 2.00 bits per heavy atom. The molecule has 3 nitrogen and oxygen atoms in total. The highest BCUT2D eigenvalue weighted by molar-refractivity contribution is 5.71. The van der Waals surface area contributed by atoms with Crippen molar-refractivity contribution in [2.45, 2.75) is 39.0 Å². The summed E-state index contributed by atoms with van der Waals surface area (Å²) in [5, 5.41) is 0. The van der Waals surface area contributed by atoms with Gasteiger partial charge in [0.15, 0.2) is 5.82 Å². The molecule has 0 fully saturated rings. The Hall–Kier alpha value is -2.43. The number of aromatic nitrogens is 1. The van der Waals surface area contributed by atoms with Gasteiger partial charge < -0.3 is 10.6 Å². The summed E-state index contributed by atoms with van der Waals surface area (Å²) in [6.45, 7) is 7.64. The number of nitrogens with zero attached hydrogens (tertiary/aromatic N) is 2. The zero-order valence-corrected chi connectivity index (χ0v) is 14.8. The SMILES string of the molecule is C=CN(CCCCC)c1nc(-c2cccc(C(C)(F)F)c2)ccc1N. The molecule has 0 saturated carbocycles. The quantitative estimate of drug-likeness (QED) is 0.635. The fraction of sp³-hybridized carbons (Fsp3) is 0.350. The van der Waals surface area contributed by atoms with Gasteiger partial charge in [0.2, 0.25) is 0 Å². The Balaban J connectivity index is 2.36. The Labute approximate surface area is 148 Å². The van der Waals surface area contributed by atoms with E-state index in [9.17, 15) is 8.78 Å². The maximum Gasteiger partial charge on any atom is 0.270 e. The van der Waals surface area contributed by atoms with Gasteiger partial charge in [-0.2, -0.15) is 0 Å². The number of halogens is 2. The number of hydrogen-bond acceptors (Lipinski definition) is 3. The minimum atomic E-state index is -2.89. The summed E-state index contributed by atoms with van der Waals surface area (Å²) in [5.74, 6) is -2.28. The predicted octanol–water partition coefficient (Wildman–Crippen LogP) is 5.58. The molecule has 0 atom stereocenters. The average Bonchev–Trinajstić information content (AvgIpc) is 2.59. The molecule has 0 saturated heterocycles. The molecule has 0 amide bonds. The Morgan fingerprint density at radius 3 is 2.64 bits per heavy atom. The van der Waals surface area contributed by atoms with Gasteiger partial charge in [0.05, 0.1) is 11.4 Å². The van der Waals surface area contributed by atoms with Crippen LogP contribution in [-0.4, -0.2) is 11.5 Å². The molecule has 0 unspecified atom stereocenters. The number of nitrogens with two attached hydrogens (primary N) is 1. The molecule has 134 valence electrons. The summed E-state index contributed by atoms with van der Waals surface area (Å²) in [5.41, 5.74) is 7.83. The van der Waals surface area contributed by atoms with Gasteiger partial charge in [0, 0.05) is 24.6 Å². The third kappa shape index (κ3) is 4.78. The van der Waals surface area contributed by atoms with Crippen LogP contribution in [0.1, 0.15) is 38.7 Å². The van der Waals surface area contributed by atoms with Crippen molar-refractivity contribution in [3.8, 4) is 11.3 Å². The van der Waals surface area contributed by atoms with E-state index in [0.29, 0.717) is 22.8 Å². The normalized spacial score (nSPS) is 11.4. The van der Waals surface area contributed by atoms with Crippen molar-refractivity contribution < 1.29 is 8.78 Å². The van der Waals surface area contributed by atoms with E-state index in [4.69, 9.17) is 5.73 Å². The first kappa shape index (κ1) is 18.9.